The van der Waals surface area contributed by atoms with E-state index in [4.69, 9.17) is 20.3 Å². The van der Waals surface area contributed by atoms with E-state index in [-0.39, 0.29) is 0 Å². The van der Waals surface area contributed by atoms with Gasteiger partial charge in [0, 0.05) is 24.9 Å². The number of benzene rings is 2. The van der Waals surface area contributed by atoms with Crippen LogP contribution in [0.2, 0.25) is 0 Å². The molecule has 0 aliphatic rings. The van der Waals surface area contributed by atoms with Crippen LogP contribution in [0.15, 0.2) is 42.5 Å². The Morgan fingerprint density at radius 1 is 1.11 bits per heavy atom. The Hall–Kier alpha value is -3.42. The topological polar surface area (TPSA) is 114 Å². The molecule has 8 nitrogen and oxygen atoms in total. The molecular weight excluding hydrogens is 350 g/mol. The largest absolute Gasteiger partial charge is 0.465 e. The van der Waals surface area contributed by atoms with Gasteiger partial charge in [-0.25, -0.2) is 9.59 Å². The summed E-state index contributed by atoms with van der Waals surface area (Å²) < 4.78 is 11.0. The molecule has 2 rings (SSSR count). The SMILES string of the molecule is CN(C(=O)O)c1cc(Oc2cccc(NC(=O)OC(C)(C)C)c2)ccc1N. The van der Waals surface area contributed by atoms with Crippen molar-refractivity contribution in [2.24, 2.45) is 0 Å². The molecule has 2 aromatic rings. The normalized spacial score (nSPS) is 10.8. The molecule has 0 aromatic heterocycles. The Balaban J connectivity index is 2.15. The average molecular weight is 373 g/mol. The van der Waals surface area contributed by atoms with Crippen LogP contribution in [-0.2, 0) is 4.74 Å². The summed E-state index contributed by atoms with van der Waals surface area (Å²) in [7, 11) is 1.39. The van der Waals surface area contributed by atoms with Crippen LogP contribution in [0.25, 0.3) is 0 Å². The highest BCUT2D eigenvalue weighted by Crippen LogP contribution is 2.31. The van der Waals surface area contributed by atoms with Gasteiger partial charge in [0.15, 0.2) is 0 Å². The maximum Gasteiger partial charge on any atom is 0.412 e. The highest BCUT2D eigenvalue weighted by Gasteiger charge is 2.16. The number of hydrogen-bond acceptors (Lipinski definition) is 5. The van der Waals surface area contributed by atoms with E-state index in [0.29, 0.717) is 28.6 Å². The van der Waals surface area contributed by atoms with Crippen LogP contribution in [0, 0.1) is 0 Å². The molecule has 4 N–H and O–H groups in total. The number of nitrogens with zero attached hydrogens (tertiary/aromatic N) is 1. The van der Waals surface area contributed by atoms with E-state index in [1.165, 1.54) is 13.1 Å². The molecule has 0 fully saturated rings. The van der Waals surface area contributed by atoms with E-state index in [1.54, 1.807) is 57.2 Å². The molecule has 0 bridgehead atoms. The summed E-state index contributed by atoms with van der Waals surface area (Å²) in [5.41, 5.74) is 6.35. The van der Waals surface area contributed by atoms with Crippen LogP contribution < -0.4 is 20.7 Å². The number of nitrogens with two attached hydrogens (primary N) is 1. The average Bonchev–Trinajstić information content (AvgIpc) is 2.54. The third-order valence-electron chi connectivity index (χ3n) is 3.37. The number of hydrogen-bond donors (Lipinski definition) is 3. The molecule has 2 aromatic carbocycles. The Morgan fingerprint density at radius 2 is 1.78 bits per heavy atom. The number of ether oxygens (including phenoxy) is 2. The van der Waals surface area contributed by atoms with E-state index in [0.717, 1.165) is 4.90 Å². The number of carbonyl (C=O) groups excluding carboxylic acids is 1. The van der Waals surface area contributed by atoms with Crippen LogP contribution >= 0.6 is 0 Å². The highest BCUT2D eigenvalue weighted by molar-refractivity contribution is 5.90. The predicted octanol–water partition coefficient (Wildman–Crippen LogP) is 4.52. The Kier molecular flexibility index (Phi) is 5.79. The van der Waals surface area contributed by atoms with Gasteiger partial charge in [0.25, 0.3) is 0 Å². The predicted molar refractivity (Wildman–Crippen MR) is 104 cm³/mol. The fourth-order valence-corrected chi connectivity index (χ4v) is 2.18. The molecule has 0 spiro atoms. The van der Waals surface area contributed by atoms with Crippen molar-refractivity contribution in [1.82, 2.24) is 0 Å². The lowest BCUT2D eigenvalue weighted by Gasteiger charge is -2.20. The number of rotatable bonds is 4. The smallest absolute Gasteiger partial charge is 0.412 e. The van der Waals surface area contributed by atoms with E-state index < -0.39 is 17.8 Å². The summed E-state index contributed by atoms with van der Waals surface area (Å²) in [4.78, 5) is 24.0. The molecule has 0 unspecified atom stereocenters. The van der Waals surface area contributed by atoms with Crippen molar-refractivity contribution in [3.8, 4) is 11.5 Å². The third-order valence-corrected chi connectivity index (χ3v) is 3.37. The van der Waals surface area contributed by atoms with Crippen molar-refractivity contribution in [2.75, 3.05) is 23.0 Å². The van der Waals surface area contributed by atoms with Crippen molar-refractivity contribution in [3.05, 3.63) is 42.5 Å². The molecule has 0 aliphatic carbocycles. The van der Waals surface area contributed by atoms with Gasteiger partial charge in [0.1, 0.15) is 17.1 Å². The van der Waals surface area contributed by atoms with E-state index in [2.05, 4.69) is 5.32 Å². The zero-order chi connectivity index (χ0) is 20.2. The number of carbonyl (C=O) groups is 2. The van der Waals surface area contributed by atoms with Gasteiger partial charge in [-0.3, -0.25) is 10.2 Å². The van der Waals surface area contributed by atoms with Crippen LogP contribution in [0.5, 0.6) is 11.5 Å². The highest BCUT2D eigenvalue weighted by atomic mass is 16.6. The van der Waals surface area contributed by atoms with Crippen molar-refractivity contribution < 1.29 is 24.2 Å². The van der Waals surface area contributed by atoms with Gasteiger partial charge in [0.05, 0.1) is 11.4 Å². The van der Waals surface area contributed by atoms with Gasteiger partial charge >= 0.3 is 12.2 Å². The molecule has 2 amide bonds. The summed E-state index contributed by atoms with van der Waals surface area (Å²) in [6, 6.07) is 11.5. The van der Waals surface area contributed by atoms with Crippen molar-refractivity contribution in [3.63, 3.8) is 0 Å². The van der Waals surface area contributed by atoms with Crippen LogP contribution in [0.1, 0.15) is 20.8 Å². The van der Waals surface area contributed by atoms with Gasteiger partial charge in [-0.2, -0.15) is 0 Å². The maximum absolute atomic E-state index is 11.9. The molecule has 0 atom stereocenters. The Bertz CT molecular complexity index is 845. The molecule has 144 valence electrons. The molecule has 27 heavy (non-hydrogen) atoms. The number of amides is 2. The lowest BCUT2D eigenvalue weighted by atomic mass is 10.2. The number of anilines is 3. The number of nitrogen functional groups attached to an aromatic ring is 1. The lowest BCUT2D eigenvalue weighted by Crippen LogP contribution is -2.27. The minimum absolute atomic E-state index is 0.308. The molecule has 0 aliphatic heterocycles. The van der Waals surface area contributed by atoms with E-state index in [1.807, 2.05) is 0 Å². The maximum atomic E-state index is 11.9. The van der Waals surface area contributed by atoms with Gasteiger partial charge in [-0.15, -0.1) is 0 Å². The Labute approximate surface area is 157 Å². The molecule has 0 radical (unpaired) electrons. The fraction of sp³-hybridized carbons (Fsp3) is 0.263. The van der Waals surface area contributed by atoms with E-state index in [9.17, 15) is 9.59 Å². The first-order chi connectivity index (χ1) is 12.5. The van der Waals surface area contributed by atoms with Crippen LogP contribution in [0.3, 0.4) is 0 Å². The second kappa shape index (κ2) is 7.86. The third kappa shape index (κ3) is 5.81. The van der Waals surface area contributed by atoms with Gasteiger partial charge < -0.3 is 20.3 Å². The van der Waals surface area contributed by atoms with Crippen LogP contribution in [-0.4, -0.2) is 29.9 Å². The van der Waals surface area contributed by atoms with Crippen molar-refractivity contribution in [1.29, 1.82) is 0 Å². The molecule has 0 saturated heterocycles. The Morgan fingerprint density at radius 3 is 2.41 bits per heavy atom. The second-order valence-electron chi connectivity index (χ2n) is 6.82. The minimum atomic E-state index is -1.14. The summed E-state index contributed by atoms with van der Waals surface area (Å²) in [6.07, 6.45) is -1.71. The first-order valence-corrected chi connectivity index (χ1v) is 8.19. The summed E-state index contributed by atoms with van der Waals surface area (Å²) >= 11 is 0. The molecule has 0 heterocycles. The van der Waals surface area contributed by atoms with Crippen molar-refractivity contribution in [2.45, 2.75) is 26.4 Å². The zero-order valence-electron chi connectivity index (χ0n) is 15.6. The summed E-state index contributed by atoms with van der Waals surface area (Å²) in [5, 5.41) is 11.8. The van der Waals surface area contributed by atoms with Crippen molar-refractivity contribution >= 4 is 29.2 Å². The fourth-order valence-electron chi connectivity index (χ4n) is 2.18. The molecule has 0 saturated carbocycles. The van der Waals surface area contributed by atoms with Gasteiger partial charge in [-0.1, -0.05) is 6.07 Å². The van der Waals surface area contributed by atoms with E-state index >= 15 is 0 Å². The monoisotopic (exact) mass is 373 g/mol. The molecule has 8 heteroatoms. The van der Waals surface area contributed by atoms with Gasteiger partial charge in [0.2, 0.25) is 0 Å². The zero-order valence-corrected chi connectivity index (χ0v) is 15.6. The second-order valence-corrected chi connectivity index (χ2v) is 6.82. The van der Waals surface area contributed by atoms with Crippen LogP contribution in [0.4, 0.5) is 26.7 Å². The minimum Gasteiger partial charge on any atom is -0.465 e. The standard InChI is InChI=1S/C19H23N3O5/c1-19(2,3)27-17(23)21-12-6-5-7-13(10-12)26-14-8-9-15(20)16(11-14)22(4)18(24)25/h5-11H,20H2,1-4H3,(H,21,23)(H,24,25). The van der Waals surface area contributed by atoms with Gasteiger partial charge in [-0.05, 0) is 45.0 Å². The first-order valence-electron chi connectivity index (χ1n) is 8.19. The lowest BCUT2D eigenvalue weighted by molar-refractivity contribution is 0.0636. The number of carboxylic acid groups (broad SMARTS) is 1. The quantitative estimate of drug-likeness (QED) is 0.679. The summed E-state index contributed by atoms with van der Waals surface area (Å²) in [6.45, 7) is 5.33. The molecular formula is C19H23N3O5. The summed E-state index contributed by atoms with van der Waals surface area (Å²) in [5.74, 6) is 0.860. The first kappa shape index (κ1) is 19.9. The number of nitrogens with one attached hydrogen (secondary N) is 1.